The van der Waals surface area contributed by atoms with Gasteiger partial charge in [0, 0.05) is 30.6 Å². The molecule has 0 aromatic heterocycles. The fraction of sp³-hybridized carbons (Fsp3) is 0.333. The molecule has 6 heteroatoms. The molecule has 0 saturated heterocycles. The van der Waals surface area contributed by atoms with Crippen molar-refractivity contribution in [3.8, 4) is 17.2 Å². The van der Waals surface area contributed by atoms with Gasteiger partial charge in [0.05, 0.1) is 13.0 Å². The van der Waals surface area contributed by atoms with Crippen LogP contribution < -0.4 is 15.2 Å². The lowest BCUT2D eigenvalue weighted by molar-refractivity contribution is -0.136. The zero-order chi connectivity index (χ0) is 21.9. The van der Waals surface area contributed by atoms with Gasteiger partial charge in [-0.25, -0.2) is 0 Å². The predicted octanol–water partition coefficient (Wildman–Crippen LogP) is 4.92. The van der Waals surface area contributed by atoms with E-state index < -0.39 is 5.97 Å². The van der Waals surface area contributed by atoms with E-state index in [-0.39, 0.29) is 6.42 Å². The number of carbonyl (C=O) groups is 1. The van der Waals surface area contributed by atoms with E-state index in [1.54, 1.807) is 24.4 Å². The second-order valence-electron chi connectivity index (χ2n) is 7.29. The molecule has 0 saturated carbocycles. The predicted molar refractivity (Wildman–Crippen MR) is 120 cm³/mol. The number of benzene rings is 2. The minimum atomic E-state index is -0.911. The SMILES string of the molecule is CCOc1cc(CC(=O)O)cc(Oc2cccc(C(C=NCCC(C)C)=CN)c2)c1. The molecule has 2 aromatic rings. The van der Waals surface area contributed by atoms with Gasteiger partial charge >= 0.3 is 5.97 Å². The molecule has 0 radical (unpaired) electrons. The number of aliphatic carboxylic acids is 1. The Morgan fingerprint density at radius 2 is 1.93 bits per heavy atom. The maximum atomic E-state index is 11.1. The summed E-state index contributed by atoms with van der Waals surface area (Å²) < 4.78 is 11.5. The van der Waals surface area contributed by atoms with Crippen LogP contribution in [0.5, 0.6) is 17.2 Å². The van der Waals surface area contributed by atoms with Crippen molar-refractivity contribution in [1.82, 2.24) is 0 Å². The Kier molecular flexibility index (Phi) is 8.94. The fourth-order valence-corrected chi connectivity index (χ4v) is 2.80. The monoisotopic (exact) mass is 410 g/mol. The molecule has 0 atom stereocenters. The Balaban J connectivity index is 2.21. The summed E-state index contributed by atoms with van der Waals surface area (Å²) in [5, 5.41) is 9.10. The molecule has 0 aliphatic rings. The molecule has 0 aliphatic carbocycles. The second-order valence-corrected chi connectivity index (χ2v) is 7.29. The van der Waals surface area contributed by atoms with Crippen LogP contribution in [0.1, 0.15) is 38.3 Å². The zero-order valence-electron chi connectivity index (χ0n) is 17.8. The van der Waals surface area contributed by atoms with Crippen LogP contribution in [-0.2, 0) is 11.2 Å². The van der Waals surface area contributed by atoms with Gasteiger partial charge in [0.15, 0.2) is 0 Å². The van der Waals surface area contributed by atoms with Gasteiger partial charge in [0.1, 0.15) is 17.2 Å². The summed E-state index contributed by atoms with van der Waals surface area (Å²) in [5.41, 5.74) is 8.10. The maximum absolute atomic E-state index is 11.1. The van der Waals surface area contributed by atoms with Gasteiger partial charge in [-0.3, -0.25) is 9.79 Å². The van der Waals surface area contributed by atoms with E-state index in [9.17, 15) is 4.79 Å². The van der Waals surface area contributed by atoms with Gasteiger partial charge in [0.25, 0.3) is 0 Å². The van der Waals surface area contributed by atoms with Gasteiger partial charge in [-0.2, -0.15) is 0 Å². The van der Waals surface area contributed by atoms with Crippen LogP contribution in [0.25, 0.3) is 5.57 Å². The summed E-state index contributed by atoms with van der Waals surface area (Å²) in [7, 11) is 0. The summed E-state index contributed by atoms with van der Waals surface area (Å²) in [5.74, 6) is 1.38. The Bertz CT molecular complexity index is 904. The van der Waals surface area contributed by atoms with E-state index in [1.807, 2.05) is 31.2 Å². The van der Waals surface area contributed by atoms with E-state index in [0.29, 0.717) is 35.3 Å². The average Bonchev–Trinajstić information content (AvgIpc) is 2.67. The van der Waals surface area contributed by atoms with Crippen LogP contribution in [0.15, 0.2) is 53.7 Å². The quantitative estimate of drug-likeness (QED) is 0.513. The standard InChI is InChI=1S/C24H30N2O4/c1-4-29-22-10-18(12-24(27)28)11-23(14-22)30-21-7-5-6-19(13-21)20(15-25)16-26-9-8-17(2)3/h5-7,10-11,13-17H,4,8-9,12,25H2,1-3H3,(H,27,28). The summed E-state index contributed by atoms with van der Waals surface area (Å²) >= 11 is 0. The Morgan fingerprint density at radius 1 is 1.17 bits per heavy atom. The van der Waals surface area contributed by atoms with Gasteiger partial charge in [-0.1, -0.05) is 26.0 Å². The van der Waals surface area contributed by atoms with Crippen LogP contribution in [0.3, 0.4) is 0 Å². The molecule has 0 fully saturated rings. The van der Waals surface area contributed by atoms with E-state index >= 15 is 0 Å². The Labute approximate surface area is 178 Å². The molecule has 2 aromatic carbocycles. The van der Waals surface area contributed by atoms with Crippen molar-refractivity contribution in [3.63, 3.8) is 0 Å². The maximum Gasteiger partial charge on any atom is 0.307 e. The second kappa shape index (κ2) is 11.7. The molecule has 0 aliphatic heterocycles. The summed E-state index contributed by atoms with van der Waals surface area (Å²) in [4.78, 5) is 15.6. The van der Waals surface area contributed by atoms with Crippen LogP contribution >= 0.6 is 0 Å². The molecule has 0 amide bonds. The third kappa shape index (κ3) is 7.62. The summed E-state index contributed by atoms with van der Waals surface area (Å²) in [6.45, 7) is 7.43. The zero-order valence-corrected chi connectivity index (χ0v) is 17.8. The van der Waals surface area contributed by atoms with Crippen LogP contribution in [0.4, 0.5) is 0 Å². The Morgan fingerprint density at radius 3 is 2.60 bits per heavy atom. The number of ether oxygens (including phenoxy) is 2. The number of hydrogen-bond donors (Lipinski definition) is 2. The number of rotatable bonds is 11. The summed E-state index contributed by atoms with van der Waals surface area (Å²) in [6, 6.07) is 12.7. The highest BCUT2D eigenvalue weighted by Crippen LogP contribution is 2.29. The highest BCUT2D eigenvalue weighted by molar-refractivity contribution is 6.09. The number of aliphatic imine (C=N–C) groups is 1. The minimum absolute atomic E-state index is 0.107. The molecule has 6 nitrogen and oxygen atoms in total. The number of hydrogen-bond acceptors (Lipinski definition) is 5. The first-order chi connectivity index (χ1) is 14.4. The number of nitrogens with two attached hydrogens (primary N) is 1. The number of carboxylic acid groups (broad SMARTS) is 1. The lowest BCUT2D eigenvalue weighted by atomic mass is 10.1. The van der Waals surface area contributed by atoms with Crippen molar-refractivity contribution in [2.24, 2.45) is 16.6 Å². The van der Waals surface area contributed by atoms with Crippen LogP contribution in [-0.4, -0.2) is 30.4 Å². The molecule has 0 heterocycles. The molecule has 0 bridgehead atoms. The van der Waals surface area contributed by atoms with Gasteiger partial charge in [-0.05, 0) is 54.7 Å². The molecule has 2 rings (SSSR count). The largest absolute Gasteiger partial charge is 0.494 e. The molecule has 3 N–H and O–H groups in total. The molecule has 0 unspecified atom stereocenters. The first-order valence-corrected chi connectivity index (χ1v) is 10.1. The number of allylic oxidation sites excluding steroid dienone is 1. The lowest BCUT2D eigenvalue weighted by Crippen LogP contribution is -2.01. The molecule has 160 valence electrons. The third-order valence-electron chi connectivity index (χ3n) is 4.25. The van der Waals surface area contributed by atoms with Gasteiger partial charge in [-0.15, -0.1) is 0 Å². The third-order valence-corrected chi connectivity index (χ3v) is 4.25. The fourth-order valence-electron chi connectivity index (χ4n) is 2.80. The molecule has 0 spiro atoms. The van der Waals surface area contributed by atoms with Crippen molar-refractivity contribution < 1.29 is 19.4 Å². The molecular formula is C24H30N2O4. The van der Waals surface area contributed by atoms with Gasteiger partial charge in [0.2, 0.25) is 0 Å². The normalized spacial score (nSPS) is 11.8. The van der Waals surface area contributed by atoms with Crippen LogP contribution in [0.2, 0.25) is 0 Å². The molecule has 30 heavy (non-hydrogen) atoms. The van der Waals surface area contributed by atoms with Crippen LogP contribution in [0, 0.1) is 5.92 Å². The first kappa shape index (κ1) is 23.0. The first-order valence-electron chi connectivity index (χ1n) is 10.1. The van der Waals surface area contributed by atoms with Crippen molar-refractivity contribution in [2.75, 3.05) is 13.2 Å². The topological polar surface area (TPSA) is 94.1 Å². The van der Waals surface area contributed by atoms with E-state index in [4.69, 9.17) is 20.3 Å². The minimum Gasteiger partial charge on any atom is -0.494 e. The summed E-state index contributed by atoms with van der Waals surface area (Å²) in [6.07, 6.45) is 4.22. The Hall–Kier alpha value is -3.28. The van der Waals surface area contributed by atoms with Crippen molar-refractivity contribution in [3.05, 3.63) is 59.8 Å². The number of carboxylic acids is 1. The smallest absolute Gasteiger partial charge is 0.307 e. The average molecular weight is 411 g/mol. The van der Waals surface area contributed by atoms with Crippen molar-refractivity contribution >= 4 is 17.8 Å². The van der Waals surface area contributed by atoms with Gasteiger partial charge < -0.3 is 20.3 Å². The lowest BCUT2D eigenvalue weighted by Gasteiger charge is -2.12. The van der Waals surface area contributed by atoms with E-state index in [2.05, 4.69) is 18.8 Å². The van der Waals surface area contributed by atoms with E-state index in [0.717, 1.165) is 24.1 Å². The molecular weight excluding hydrogens is 380 g/mol. The highest BCUT2D eigenvalue weighted by Gasteiger charge is 2.09. The van der Waals surface area contributed by atoms with Crippen molar-refractivity contribution in [2.45, 2.75) is 33.6 Å². The highest BCUT2D eigenvalue weighted by atomic mass is 16.5. The number of nitrogens with zero attached hydrogens (tertiary/aromatic N) is 1. The van der Waals surface area contributed by atoms with E-state index in [1.165, 1.54) is 6.20 Å². The van der Waals surface area contributed by atoms with Crippen molar-refractivity contribution in [1.29, 1.82) is 0 Å².